The van der Waals surface area contributed by atoms with E-state index in [0.717, 1.165) is 64.1 Å². The van der Waals surface area contributed by atoms with Crippen molar-refractivity contribution in [2.75, 3.05) is 32.8 Å². The average Bonchev–Trinajstić information content (AvgIpc) is 2.74. The number of hydrogen-bond donors (Lipinski definition) is 1. The highest BCUT2D eigenvalue weighted by Gasteiger charge is 2.39. The van der Waals surface area contributed by atoms with E-state index >= 15 is 0 Å². The molecule has 0 bridgehead atoms. The summed E-state index contributed by atoms with van der Waals surface area (Å²) in [6.07, 6.45) is 4.13. The van der Waals surface area contributed by atoms with E-state index in [9.17, 15) is 5.11 Å². The summed E-state index contributed by atoms with van der Waals surface area (Å²) in [5.41, 5.74) is 1.38. The second-order valence-corrected chi connectivity index (χ2v) is 7.62. The highest BCUT2D eigenvalue weighted by atomic mass is 16.5. The van der Waals surface area contributed by atoms with Gasteiger partial charge in [0.05, 0.1) is 18.8 Å². The molecule has 1 aliphatic heterocycles. The summed E-state index contributed by atoms with van der Waals surface area (Å²) in [5.74, 6) is 0.0380. The minimum Gasteiger partial charge on any atom is -0.384 e. The van der Waals surface area contributed by atoms with Crippen molar-refractivity contribution in [1.29, 1.82) is 0 Å². The van der Waals surface area contributed by atoms with Gasteiger partial charge < -0.3 is 9.84 Å². The molecule has 27 heavy (non-hydrogen) atoms. The molecule has 2 atom stereocenters. The molecule has 1 N–H and O–H groups in total. The number of ether oxygens (including phenoxy) is 1. The molecule has 3 nitrogen and oxygen atoms in total. The maximum atomic E-state index is 12.1. The quantitative estimate of drug-likeness (QED) is 0.659. The van der Waals surface area contributed by atoms with Crippen molar-refractivity contribution in [3.05, 3.63) is 71.8 Å². The number of hydrogen-bond acceptors (Lipinski definition) is 3. The predicted octanol–water partition coefficient (Wildman–Crippen LogP) is 4.57. The smallest absolute Gasteiger partial charge is 0.0977 e. The van der Waals surface area contributed by atoms with Crippen molar-refractivity contribution < 1.29 is 9.84 Å². The first-order valence-corrected chi connectivity index (χ1v) is 10.4. The average molecular weight is 368 g/mol. The van der Waals surface area contributed by atoms with E-state index in [1.165, 1.54) is 5.56 Å². The standard InChI is InChI=1S/C24H33NO2/c1-2-3-10-15-24(26,22-13-8-5-9-14-22)23(21-11-6-4-7-12-21)20-25-16-18-27-19-17-25/h4-9,11-14,23,26H,2-3,10,15-20H2,1H3/t23-,24-/m1/s1. The van der Waals surface area contributed by atoms with Crippen molar-refractivity contribution >= 4 is 0 Å². The largest absolute Gasteiger partial charge is 0.384 e. The monoisotopic (exact) mass is 367 g/mol. The SMILES string of the molecule is CCCCC[C@@](O)(c1ccccc1)[C@H](CN1CCOCC1)c1ccccc1. The van der Waals surface area contributed by atoms with Gasteiger partial charge >= 0.3 is 0 Å². The van der Waals surface area contributed by atoms with Gasteiger partial charge in [-0.05, 0) is 17.5 Å². The zero-order valence-electron chi connectivity index (χ0n) is 16.5. The first-order valence-electron chi connectivity index (χ1n) is 10.4. The number of unbranched alkanes of at least 4 members (excludes halogenated alkanes) is 2. The van der Waals surface area contributed by atoms with Crippen LogP contribution in [0.2, 0.25) is 0 Å². The molecule has 2 aromatic rings. The molecule has 146 valence electrons. The molecule has 0 aliphatic carbocycles. The van der Waals surface area contributed by atoms with Gasteiger partial charge in [0, 0.05) is 25.6 Å². The first-order chi connectivity index (χ1) is 13.2. The second-order valence-electron chi connectivity index (χ2n) is 7.62. The maximum absolute atomic E-state index is 12.1. The third-order valence-electron chi connectivity index (χ3n) is 5.76. The molecular formula is C24H33NO2. The fraction of sp³-hybridized carbons (Fsp3) is 0.500. The van der Waals surface area contributed by atoms with Crippen LogP contribution in [0.1, 0.15) is 49.7 Å². The zero-order valence-corrected chi connectivity index (χ0v) is 16.5. The molecule has 0 spiro atoms. The first kappa shape index (κ1) is 20.1. The van der Waals surface area contributed by atoms with E-state index in [0.29, 0.717) is 0 Å². The summed E-state index contributed by atoms with van der Waals surface area (Å²) in [4.78, 5) is 2.44. The normalized spacial score (nSPS) is 18.7. The molecule has 0 aromatic heterocycles. The number of morpholine rings is 1. The highest BCUT2D eigenvalue weighted by molar-refractivity contribution is 5.31. The van der Waals surface area contributed by atoms with Gasteiger partial charge in [0.1, 0.15) is 0 Å². The molecule has 0 unspecified atom stereocenters. The Morgan fingerprint density at radius 1 is 0.963 bits per heavy atom. The van der Waals surface area contributed by atoms with Gasteiger partial charge in [-0.1, -0.05) is 86.8 Å². The Hall–Kier alpha value is -1.68. The zero-order chi connectivity index (χ0) is 19.0. The van der Waals surface area contributed by atoms with Crippen molar-refractivity contribution in [2.45, 2.75) is 44.1 Å². The van der Waals surface area contributed by atoms with E-state index in [2.05, 4.69) is 48.2 Å². The van der Waals surface area contributed by atoms with Crippen LogP contribution < -0.4 is 0 Å². The lowest BCUT2D eigenvalue weighted by Gasteiger charge is -2.41. The third-order valence-corrected chi connectivity index (χ3v) is 5.76. The van der Waals surface area contributed by atoms with Gasteiger partial charge in [-0.15, -0.1) is 0 Å². The summed E-state index contributed by atoms with van der Waals surface area (Å²) in [6.45, 7) is 6.49. The van der Waals surface area contributed by atoms with E-state index in [4.69, 9.17) is 4.74 Å². The van der Waals surface area contributed by atoms with Crippen molar-refractivity contribution in [3.63, 3.8) is 0 Å². The summed E-state index contributed by atoms with van der Waals surface area (Å²) in [5, 5.41) is 12.1. The third kappa shape index (κ3) is 5.19. The van der Waals surface area contributed by atoms with Gasteiger partial charge in [0.25, 0.3) is 0 Å². The maximum Gasteiger partial charge on any atom is 0.0977 e. The van der Waals surface area contributed by atoms with Crippen LogP contribution in [-0.2, 0) is 10.3 Å². The molecule has 1 saturated heterocycles. The topological polar surface area (TPSA) is 32.7 Å². The van der Waals surface area contributed by atoms with E-state index < -0.39 is 5.60 Å². The van der Waals surface area contributed by atoms with Crippen molar-refractivity contribution in [1.82, 2.24) is 4.90 Å². The van der Waals surface area contributed by atoms with Crippen molar-refractivity contribution in [3.8, 4) is 0 Å². The lowest BCUT2D eigenvalue weighted by atomic mass is 9.74. The van der Waals surface area contributed by atoms with Crippen LogP contribution in [0.3, 0.4) is 0 Å². The molecule has 0 amide bonds. The molecule has 3 heteroatoms. The molecule has 1 fully saturated rings. The van der Waals surface area contributed by atoms with Crippen LogP contribution in [0.5, 0.6) is 0 Å². The van der Waals surface area contributed by atoms with Crippen molar-refractivity contribution in [2.24, 2.45) is 0 Å². The van der Waals surface area contributed by atoms with Crippen LogP contribution in [0.25, 0.3) is 0 Å². The van der Waals surface area contributed by atoms with Crippen LogP contribution in [0.15, 0.2) is 60.7 Å². The van der Waals surface area contributed by atoms with E-state index in [1.807, 2.05) is 24.3 Å². The lowest BCUT2D eigenvalue weighted by Crippen LogP contribution is -2.45. The fourth-order valence-corrected chi connectivity index (χ4v) is 4.15. The van der Waals surface area contributed by atoms with Gasteiger partial charge in [-0.25, -0.2) is 0 Å². The van der Waals surface area contributed by atoms with Gasteiger partial charge in [-0.2, -0.15) is 0 Å². The van der Waals surface area contributed by atoms with Crippen LogP contribution in [-0.4, -0.2) is 42.9 Å². The fourth-order valence-electron chi connectivity index (χ4n) is 4.15. The Kier molecular flexibility index (Phi) is 7.45. The molecule has 0 radical (unpaired) electrons. The lowest BCUT2D eigenvalue weighted by molar-refractivity contribution is -0.0295. The summed E-state index contributed by atoms with van der Waals surface area (Å²) < 4.78 is 5.53. The Morgan fingerprint density at radius 3 is 2.22 bits per heavy atom. The molecular weight excluding hydrogens is 334 g/mol. The Morgan fingerprint density at radius 2 is 1.59 bits per heavy atom. The number of aliphatic hydroxyl groups is 1. The van der Waals surface area contributed by atoms with Crippen LogP contribution in [0, 0.1) is 0 Å². The summed E-state index contributed by atoms with van der Waals surface area (Å²) in [6, 6.07) is 20.8. The van der Waals surface area contributed by atoms with E-state index in [-0.39, 0.29) is 5.92 Å². The molecule has 1 heterocycles. The summed E-state index contributed by atoms with van der Waals surface area (Å²) in [7, 11) is 0. The van der Waals surface area contributed by atoms with E-state index in [1.54, 1.807) is 0 Å². The van der Waals surface area contributed by atoms with Crippen LogP contribution >= 0.6 is 0 Å². The molecule has 0 saturated carbocycles. The Labute approximate surface area is 164 Å². The van der Waals surface area contributed by atoms with Gasteiger partial charge in [0.2, 0.25) is 0 Å². The number of rotatable bonds is 9. The molecule has 1 aliphatic rings. The minimum absolute atomic E-state index is 0.0380. The molecule has 3 rings (SSSR count). The Balaban J connectivity index is 1.95. The summed E-state index contributed by atoms with van der Waals surface area (Å²) >= 11 is 0. The van der Waals surface area contributed by atoms with Gasteiger partial charge in [0.15, 0.2) is 0 Å². The second kappa shape index (κ2) is 10.0. The predicted molar refractivity (Wildman–Crippen MR) is 111 cm³/mol. The Bertz CT molecular complexity index is 655. The number of benzene rings is 2. The molecule has 2 aromatic carbocycles. The number of nitrogens with zero attached hydrogens (tertiary/aromatic N) is 1. The van der Waals surface area contributed by atoms with Gasteiger partial charge in [-0.3, -0.25) is 4.90 Å². The highest BCUT2D eigenvalue weighted by Crippen LogP contribution is 2.41. The van der Waals surface area contributed by atoms with Crippen LogP contribution in [0.4, 0.5) is 0 Å². The minimum atomic E-state index is -0.865.